The second-order valence-electron chi connectivity index (χ2n) is 4.74. The van der Waals surface area contributed by atoms with Crippen molar-refractivity contribution >= 4 is 5.95 Å². The van der Waals surface area contributed by atoms with Crippen LogP contribution >= 0.6 is 0 Å². The summed E-state index contributed by atoms with van der Waals surface area (Å²) in [6.07, 6.45) is -5.10. The van der Waals surface area contributed by atoms with Crippen molar-refractivity contribution in [1.29, 1.82) is 0 Å². The summed E-state index contributed by atoms with van der Waals surface area (Å²) in [4.78, 5) is 6.47. The minimum absolute atomic E-state index is 0.0272. The number of aryl methyl sites for hydroxylation is 2. The van der Waals surface area contributed by atoms with E-state index in [1.165, 1.54) is 20.8 Å². The molecule has 0 spiro atoms. The summed E-state index contributed by atoms with van der Waals surface area (Å²) in [5, 5.41) is 8.60. The van der Waals surface area contributed by atoms with Crippen molar-refractivity contribution < 1.29 is 40.2 Å². The second-order valence-corrected chi connectivity index (χ2v) is 4.74. The molecule has 1 aromatic heterocycles. The predicted molar refractivity (Wildman–Crippen MR) is 61.1 cm³/mol. The van der Waals surface area contributed by atoms with Gasteiger partial charge in [0.15, 0.2) is 0 Å². The molecule has 0 amide bonds. The van der Waals surface area contributed by atoms with E-state index in [0.29, 0.717) is 5.56 Å². The smallest absolute Gasteiger partial charge is 0.467 e. The zero-order valence-corrected chi connectivity index (χ0v) is 11.9. The van der Waals surface area contributed by atoms with Gasteiger partial charge in [-0.2, -0.15) is 27.5 Å². The molecule has 23 heavy (non-hydrogen) atoms. The summed E-state index contributed by atoms with van der Waals surface area (Å²) in [7, 11) is 0. The van der Waals surface area contributed by atoms with Gasteiger partial charge in [-0.1, -0.05) is 0 Å². The van der Waals surface area contributed by atoms with Gasteiger partial charge in [-0.25, -0.2) is 13.8 Å². The van der Waals surface area contributed by atoms with Crippen LogP contribution in [0.4, 0.5) is 41.1 Å². The fourth-order valence-electron chi connectivity index (χ4n) is 1.50. The maximum Gasteiger partial charge on any atom is 0.467 e. The number of nitrogens with zero attached hydrogens (tertiary/aromatic N) is 2. The highest BCUT2D eigenvalue weighted by Gasteiger charge is 2.80. The Labute approximate surface area is 124 Å². The molecular formula is C11H11F8N3O. The van der Waals surface area contributed by atoms with E-state index in [-0.39, 0.29) is 11.4 Å². The van der Waals surface area contributed by atoms with Crippen molar-refractivity contribution in [2.45, 2.75) is 45.1 Å². The van der Waals surface area contributed by atoms with Crippen LogP contribution in [-0.4, -0.2) is 34.3 Å². The standard InChI is InChI=1S/C11H11F8N3O/c1-4-5(2)20-8(21-6(4)3)22(23)11(18,19)10(16,17)9(14,15)7(12)13/h7,22H,1-3H3. The summed E-state index contributed by atoms with van der Waals surface area (Å²) in [6, 6.07) is -6.12. The summed E-state index contributed by atoms with van der Waals surface area (Å²) in [5.41, 5.74) is 0.302. The molecule has 0 bridgehead atoms. The normalized spacial score (nSPS) is 15.2. The molecule has 12 heteroatoms. The van der Waals surface area contributed by atoms with E-state index in [0.717, 1.165) is 0 Å². The number of quaternary nitrogens is 1. The molecule has 1 atom stereocenters. The molecule has 0 aromatic carbocycles. The summed E-state index contributed by atoms with van der Waals surface area (Å²) < 4.78 is 103. The average Bonchev–Trinajstić information content (AvgIpc) is 2.42. The Kier molecular flexibility index (Phi) is 4.93. The minimum atomic E-state index is -6.62. The molecule has 0 saturated carbocycles. The van der Waals surface area contributed by atoms with E-state index in [2.05, 4.69) is 9.97 Å². The lowest BCUT2D eigenvalue weighted by molar-refractivity contribution is -0.909. The largest absolute Gasteiger partial charge is 0.622 e. The van der Waals surface area contributed by atoms with Crippen molar-refractivity contribution in [2.24, 2.45) is 0 Å². The third-order valence-electron chi connectivity index (χ3n) is 3.21. The molecule has 1 unspecified atom stereocenters. The molecule has 0 fully saturated rings. The van der Waals surface area contributed by atoms with Crippen LogP contribution in [0.15, 0.2) is 0 Å². The van der Waals surface area contributed by atoms with Gasteiger partial charge in [-0.05, 0) is 26.3 Å². The monoisotopic (exact) mass is 353 g/mol. The lowest BCUT2D eigenvalue weighted by Crippen LogP contribution is -3.14. The summed E-state index contributed by atoms with van der Waals surface area (Å²) >= 11 is 0. The van der Waals surface area contributed by atoms with Crippen LogP contribution in [0.2, 0.25) is 0 Å². The zero-order chi connectivity index (χ0) is 18.4. The van der Waals surface area contributed by atoms with E-state index in [9.17, 15) is 40.3 Å². The lowest BCUT2D eigenvalue weighted by atomic mass is 10.1. The quantitative estimate of drug-likeness (QED) is 0.503. The molecule has 0 aliphatic heterocycles. The number of hydrogen-bond donors (Lipinski definition) is 1. The molecule has 0 saturated heterocycles. The maximum absolute atomic E-state index is 13.5. The average molecular weight is 353 g/mol. The first-order valence-corrected chi connectivity index (χ1v) is 5.96. The van der Waals surface area contributed by atoms with E-state index in [4.69, 9.17) is 0 Å². The fraction of sp³-hybridized carbons (Fsp3) is 0.636. The predicted octanol–water partition coefficient (Wildman–Crippen LogP) is 2.54. The first-order valence-electron chi connectivity index (χ1n) is 5.96. The highest BCUT2D eigenvalue weighted by atomic mass is 19.4. The number of hydroxylamine groups is 1. The molecule has 4 nitrogen and oxygen atoms in total. The Hall–Kier alpha value is -1.56. The number of alkyl halides is 8. The molecule has 0 aliphatic carbocycles. The highest BCUT2D eigenvalue weighted by Crippen LogP contribution is 2.46. The van der Waals surface area contributed by atoms with Crippen molar-refractivity contribution in [3.63, 3.8) is 0 Å². The molecule has 1 rings (SSSR count). The molecule has 0 radical (unpaired) electrons. The fourth-order valence-corrected chi connectivity index (χ4v) is 1.50. The maximum atomic E-state index is 13.5. The molecule has 1 heterocycles. The zero-order valence-electron chi connectivity index (χ0n) is 11.9. The first kappa shape index (κ1) is 19.5. The molecule has 1 N–H and O–H groups in total. The Bertz CT molecular complexity index is 570. The van der Waals surface area contributed by atoms with Gasteiger partial charge in [0, 0.05) is 11.4 Å². The van der Waals surface area contributed by atoms with Crippen LogP contribution in [0.1, 0.15) is 17.0 Å². The van der Waals surface area contributed by atoms with Crippen LogP contribution in [0.3, 0.4) is 0 Å². The van der Waals surface area contributed by atoms with Gasteiger partial charge in [0.2, 0.25) is 0 Å². The Balaban J connectivity index is 3.37. The first-order chi connectivity index (χ1) is 10.2. The van der Waals surface area contributed by atoms with Gasteiger partial charge in [-0.3, -0.25) is 0 Å². The van der Waals surface area contributed by atoms with Crippen molar-refractivity contribution in [2.75, 3.05) is 0 Å². The number of hydrogen-bond acceptors (Lipinski definition) is 3. The Morgan fingerprint density at radius 1 is 0.913 bits per heavy atom. The number of nitrogens with one attached hydrogen (secondary N) is 1. The second kappa shape index (κ2) is 5.82. The topological polar surface area (TPSA) is 53.3 Å². The van der Waals surface area contributed by atoms with Crippen LogP contribution in [0.5, 0.6) is 0 Å². The van der Waals surface area contributed by atoms with Gasteiger partial charge >= 0.3 is 30.3 Å². The van der Waals surface area contributed by atoms with Gasteiger partial charge < -0.3 is 5.21 Å². The van der Waals surface area contributed by atoms with Gasteiger partial charge in [-0.15, -0.1) is 8.78 Å². The van der Waals surface area contributed by atoms with Crippen LogP contribution in [0, 0.1) is 26.0 Å². The third kappa shape index (κ3) is 2.96. The van der Waals surface area contributed by atoms with Crippen molar-refractivity contribution in [3.8, 4) is 0 Å². The highest BCUT2D eigenvalue weighted by molar-refractivity contribution is 5.26. The van der Waals surface area contributed by atoms with Crippen LogP contribution in [0.25, 0.3) is 0 Å². The molecule has 1 aromatic rings. The van der Waals surface area contributed by atoms with Gasteiger partial charge in [0.1, 0.15) is 0 Å². The molecule has 132 valence electrons. The summed E-state index contributed by atoms with van der Waals surface area (Å²) in [6.45, 7) is 3.92. The van der Waals surface area contributed by atoms with Crippen LogP contribution in [-0.2, 0) is 0 Å². The number of halogens is 8. The van der Waals surface area contributed by atoms with E-state index in [1.54, 1.807) is 0 Å². The SMILES string of the molecule is Cc1nc([NH+]([O-])C(F)(F)C(F)(F)C(F)(F)C(F)F)nc(C)c1C. The van der Waals surface area contributed by atoms with Crippen LogP contribution < -0.4 is 5.06 Å². The van der Waals surface area contributed by atoms with Crippen molar-refractivity contribution in [1.82, 2.24) is 9.97 Å². The van der Waals surface area contributed by atoms with E-state index >= 15 is 0 Å². The minimum Gasteiger partial charge on any atom is -0.622 e. The molecular weight excluding hydrogens is 342 g/mol. The summed E-state index contributed by atoms with van der Waals surface area (Å²) in [5.74, 6) is -14.5. The Morgan fingerprint density at radius 3 is 1.65 bits per heavy atom. The van der Waals surface area contributed by atoms with E-state index in [1.807, 2.05) is 0 Å². The van der Waals surface area contributed by atoms with Gasteiger partial charge in [0.25, 0.3) is 0 Å². The molecule has 0 aliphatic rings. The van der Waals surface area contributed by atoms with E-state index < -0.39 is 35.3 Å². The number of rotatable bonds is 5. The number of aromatic nitrogens is 2. The lowest BCUT2D eigenvalue weighted by Gasteiger charge is -2.36. The Morgan fingerprint density at radius 2 is 1.30 bits per heavy atom. The van der Waals surface area contributed by atoms with Gasteiger partial charge in [0.05, 0.1) is 0 Å². The third-order valence-corrected chi connectivity index (χ3v) is 3.21. The van der Waals surface area contributed by atoms with Crippen molar-refractivity contribution in [3.05, 3.63) is 22.2 Å².